The van der Waals surface area contributed by atoms with Crippen molar-refractivity contribution in [3.05, 3.63) is 107 Å². The normalized spacial score (nSPS) is 22.3. The highest BCUT2D eigenvalue weighted by atomic mass is 32.2. The lowest BCUT2D eigenvalue weighted by Gasteiger charge is -2.45. The van der Waals surface area contributed by atoms with Gasteiger partial charge in [-0.25, -0.2) is 9.38 Å². The molecule has 0 amide bonds. The van der Waals surface area contributed by atoms with E-state index in [1.165, 1.54) is 18.3 Å². The number of halogens is 1. The van der Waals surface area contributed by atoms with E-state index in [0.29, 0.717) is 40.5 Å². The smallest absolute Gasteiger partial charge is 0.193 e. The van der Waals surface area contributed by atoms with Crippen molar-refractivity contribution >= 4 is 28.5 Å². The fourth-order valence-electron chi connectivity index (χ4n) is 5.21. The molecule has 1 saturated heterocycles. The molecule has 1 fully saturated rings. The Morgan fingerprint density at radius 3 is 2.69 bits per heavy atom. The zero-order chi connectivity index (χ0) is 27.6. The number of ketones is 1. The molecule has 2 atom stereocenters. The third-order valence-electron chi connectivity index (χ3n) is 7.24. The average molecular weight is 545 g/mol. The van der Waals surface area contributed by atoms with Crippen LogP contribution in [0.5, 0.6) is 5.75 Å². The summed E-state index contributed by atoms with van der Waals surface area (Å²) in [6.45, 7) is 2.63. The molecule has 1 aromatic heterocycles. The van der Waals surface area contributed by atoms with Gasteiger partial charge in [-0.1, -0.05) is 11.6 Å². The summed E-state index contributed by atoms with van der Waals surface area (Å²) >= 11 is -1.50. The number of allylic oxidation sites excluding steroid dienone is 2. The highest BCUT2D eigenvalue weighted by Crippen LogP contribution is 2.47. The van der Waals surface area contributed by atoms with E-state index in [2.05, 4.69) is 4.98 Å². The maximum absolute atomic E-state index is 14.2. The van der Waals surface area contributed by atoms with Crippen molar-refractivity contribution in [3.63, 3.8) is 0 Å². The molecule has 200 valence electrons. The maximum Gasteiger partial charge on any atom is 0.193 e. The number of carbonyl (C=O) groups excluding carboxylic acids is 1. The predicted octanol–water partition coefficient (Wildman–Crippen LogP) is 5.08. The number of Topliss-reactive ketones (excluding diaryl/α,β-unsaturated/α-hetero) is 1. The summed E-state index contributed by atoms with van der Waals surface area (Å²) < 4.78 is 34.4. The Kier molecular flexibility index (Phi) is 7.65. The van der Waals surface area contributed by atoms with Crippen LogP contribution in [-0.2, 0) is 11.4 Å². The lowest BCUT2D eigenvalue weighted by Crippen LogP contribution is -2.53. The fourth-order valence-corrected chi connectivity index (χ4v) is 6.57. The minimum Gasteiger partial charge on any atom is -0.593 e. The van der Waals surface area contributed by atoms with Gasteiger partial charge in [0.1, 0.15) is 17.3 Å². The van der Waals surface area contributed by atoms with Gasteiger partial charge < -0.3 is 15.0 Å². The highest BCUT2D eigenvalue weighted by Gasteiger charge is 2.52. The molecule has 39 heavy (non-hydrogen) atoms. The molecule has 1 aliphatic carbocycles. The highest BCUT2D eigenvalue weighted by molar-refractivity contribution is 7.89. The van der Waals surface area contributed by atoms with Crippen molar-refractivity contribution in [2.45, 2.75) is 24.7 Å². The van der Waals surface area contributed by atoms with Crippen molar-refractivity contribution in [3.8, 4) is 5.75 Å². The van der Waals surface area contributed by atoms with Gasteiger partial charge in [0.05, 0.1) is 41.8 Å². The Labute approximate surface area is 230 Å². The number of aromatic nitrogens is 1. The molecular formula is C30H29FN4O3S. The molecule has 0 bridgehead atoms. The lowest BCUT2D eigenvalue weighted by molar-refractivity contribution is 0.0770. The van der Waals surface area contributed by atoms with Crippen LogP contribution in [0.15, 0.2) is 100 Å². The number of nitrogens with two attached hydrogens (primary N) is 1. The maximum atomic E-state index is 14.2. The quantitative estimate of drug-likeness (QED) is 0.343. The molecule has 2 N–H and O–H groups in total. The summed E-state index contributed by atoms with van der Waals surface area (Å²) in [5.74, 6) is 0.226. The number of rotatable bonds is 6. The Bertz CT molecular complexity index is 1470. The first kappa shape index (κ1) is 26.8. The van der Waals surface area contributed by atoms with Crippen LogP contribution in [0.3, 0.4) is 0 Å². The van der Waals surface area contributed by atoms with E-state index in [1.54, 1.807) is 55.8 Å². The molecule has 7 nitrogen and oxygen atoms in total. The van der Waals surface area contributed by atoms with Crippen LogP contribution in [0.1, 0.15) is 28.9 Å². The number of hydrogen-bond donors (Lipinski definition) is 1. The number of pyridine rings is 1. The lowest BCUT2D eigenvalue weighted by atomic mass is 9.64. The van der Waals surface area contributed by atoms with Gasteiger partial charge in [-0.2, -0.15) is 0 Å². The van der Waals surface area contributed by atoms with Crippen LogP contribution in [0.4, 0.5) is 10.1 Å². The molecule has 5 rings (SSSR count). The van der Waals surface area contributed by atoms with Gasteiger partial charge in [-0.05, 0) is 91.7 Å². The van der Waals surface area contributed by atoms with Crippen molar-refractivity contribution in [1.29, 1.82) is 0 Å². The van der Waals surface area contributed by atoms with E-state index < -0.39 is 16.8 Å². The molecule has 1 aliphatic heterocycles. The van der Waals surface area contributed by atoms with Crippen molar-refractivity contribution < 1.29 is 18.5 Å². The van der Waals surface area contributed by atoms with E-state index in [0.717, 1.165) is 16.9 Å². The zero-order valence-electron chi connectivity index (χ0n) is 21.8. The molecule has 2 heterocycles. The van der Waals surface area contributed by atoms with Crippen LogP contribution < -0.4 is 10.5 Å². The van der Waals surface area contributed by atoms with E-state index in [9.17, 15) is 13.7 Å². The Morgan fingerprint density at radius 2 is 2.03 bits per heavy atom. The number of fused-ring (bicyclic) bond motifs is 1. The van der Waals surface area contributed by atoms with Crippen LogP contribution in [0.2, 0.25) is 0 Å². The number of ether oxygens (including phenoxy) is 1. The molecule has 0 saturated carbocycles. The Hall–Kier alpha value is -3.79. The summed E-state index contributed by atoms with van der Waals surface area (Å²) in [6.07, 6.45) is 5.76. The first-order valence-electron chi connectivity index (χ1n) is 12.6. The second-order valence-corrected chi connectivity index (χ2v) is 11.1. The Balaban J connectivity index is 1.56. The van der Waals surface area contributed by atoms with E-state index in [1.807, 2.05) is 23.4 Å². The third kappa shape index (κ3) is 5.25. The second kappa shape index (κ2) is 11.1. The Morgan fingerprint density at radius 1 is 1.23 bits per heavy atom. The van der Waals surface area contributed by atoms with Crippen LogP contribution in [0, 0.1) is 18.2 Å². The van der Waals surface area contributed by atoms with E-state index in [4.69, 9.17) is 15.5 Å². The van der Waals surface area contributed by atoms with Crippen molar-refractivity contribution in [1.82, 2.24) is 9.29 Å². The van der Waals surface area contributed by atoms with E-state index >= 15 is 0 Å². The van der Waals surface area contributed by atoms with Gasteiger partial charge in [-0.15, -0.1) is 4.31 Å². The number of nitrogens with zero attached hydrogens (tertiary/aromatic N) is 3. The number of piperidine rings is 1. The fraction of sp³-hybridized carbons (Fsp3) is 0.233. The minimum atomic E-state index is -1.50. The van der Waals surface area contributed by atoms with Gasteiger partial charge in [0, 0.05) is 18.8 Å². The first-order chi connectivity index (χ1) is 18.8. The van der Waals surface area contributed by atoms with Crippen LogP contribution >= 0.6 is 0 Å². The van der Waals surface area contributed by atoms with Crippen molar-refractivity contribution in [2.75, 3.05) is 20.2 Å². The molecule has 2 unspecified atom stereocenters. The molecule has 3 aromatic rings. The topological polar surface area (TPSA) is 104 Å². The molecule has 9 heteroatoms. The molecule has 2 aliphatic rings. The van der Waals surface area contributed by atoms with Gasteiger partial charge in [0.2, 0.25) is 0 Å². The van der Waals surface area contributed by atoms with Gasteiger partial charge in [0.15, 0.2) is 10.7 Å². The number of benzene rings is 2. The summed E-state index contributed by atoms with van der Waals surface area (Å²) in [4.78, 5) is 23.9. The second-order valence-electron chi connectivity index (χ2n) is 9.63. The van der Waals surface area contributed by atoms with Crippen molar-refractivity contribution in [2.24, 2.45) is 16.1 Å². The number of hydrogen-bond acceptors (Lipinski definition) is 7. The zero-order valence-corrected chi connectivity index (χ0v) is 22.6. The molecule has 2 aromatic carbocycles. The van der Waals surface area contributed by atoms with Crippen LogP contribution in [0.25, 0.3) is 0 Å². The van der Waals surface area contributed by atoms with Gasteiger partial charge in [-0.3, -0.25) is 9.78 Å². The standard InChI is InChI=1S/C30H29FN4O3S/c1-20-15-25(10-11-28(20)38-2)39(37)35-14-12-22-16-27(34-24-8-6-23(31)7-9-24)21(18-32)17-30(22,19-35)29(36)26-5-3-4-13-33-26/h3-11,13,15-16,18H,12,14,17,19,32H2,1-2H3. The minimum absolute atomic E-state index is 0.151. The van der Waals surface area contributed by atoms with E-state index in [-0.39, 0.29) is 24.6 Å². The molecule has 0 radical (unpaired) electrons. The summed E-state index contributed by atoms with van der Waals surface area (Å²) in [6, 6.07) is 16.6. The number of carbonyl (C=O) groups is 1. The van der Waals surface area contributed by atoms with Gasteiger partial charge in [0.25, 0.3) is 0 Å². The summed E-state index contributed by atoms with van der Waals surface area (Å²) in [7, 11) is 1.60. The predicted molar refractivity (Wildman–Crippen MR) is 150 cm³/mol. The van der Waals surface area contributed by atoms with Gasteiger partial charge >= 0.3 is 0 Å². The largest absolute Gasteiger partial charge is 0.593 e. The molecule has 0 spiro atoms. The van der Waals surface area contributed by atoms with Crippen LogP contribution in [-0.4, -0.2) is 45.5 Å². The average Bonchev–Trinajstić information content (AvgIpc) is 2.97. The SMILES string of the molecule is COc1ccc([S+]([O-])N2CCC3=CC(=Nc4ccc(F)cc4)C(=CN)CC3(C(=O)c3ccccn3)C2)cc1C. The first-order valence-corrected chi connectivity index (χ1v) is 13.7. The number of aryl methyl sites for hydroxylation is 1. The number of aliphatic imine (C=N–C) groups is 1. The monoisotopic (exact) mass is 544 g/mol. The molecular weight excluding hydrogens is 515 g/mol. The third-order valence-corrected chi connectivity index (χ3v) is 8.67. The summed E-state index contributed by atoms with van der Waals surface area (Å²) in [5.41, 5.74) is 9.07. The summed E-state index contributed by atoms with van der Waals surface area (Å²) in [5, 5.41) is 0. The number of methoxy groups -OCH3 is 1.